The molecule has 1 saturated heterocycles. The third-order valence-corrected chi connectivity index (χ3v) is 7.20. The van der Waals surface area contributed by atoms with Gasteiger partial charge in [-0.2, -0.15) is 0 Å². The minimum Gasteiger partial charge on any atom is -0.347 e. The van der Waals surface area contributed by atoms with Gasteiger partial charge in [0.15, 0.2) is 5.11 Å². The monoisotopic (exact) mass is 374 g/mol. The highest BCUT2D eigenvalue weighted by molar-refractivity contribution is 7.80. The Morgan fingerprint density at radius 3 is 2.48 bits per heavy atom. The zero-order chi connectivity index (χ0) is 17.5. The summed E-state index contributed by atoms with van der Waals surface area (Å²) >= 11 is 5.92. The van der Waals surface area contributed by atoms with Crippen molar-refractivity contribution in [1.82, 2.24) is 9.80 Å². The van der Waals surface area contributed by atoms with Gasteiger partial charge in [-0.25, -0.2) is 0 Å². The van der Waals surface area contributed by atoms with Crippen LogP contribution in [0.1, 0.15) is 63.0 Å². The van der Waals surface area contributed by atoms with Gasteiger partial charge < -0.3 is 9.80 Å². The van der Waals surface area contributed by atoms with Gasteiger partial charge in [-0.1, -0.05) is 74.9 Å². The first-order chi connectivity index (χ1) is 12.3. The smallest absolute Gasteiger partial charge is 0.172 e. The van der Waals surface area contributed by atoms with Crippen LogP contribution in [0.3, 0.4) is 0 Å². The zero-order valence-corrected chi connectivity index (χ0v) is 18.6. The minimum absolute atomic E-state index is 0.452. The quantitative estimate of drug-likeness (QED) is 0.383. The van der Waals surface area contributed by atoms with Gasteiger partial charge in [0.05, 0.1) is 6.04 Å². The molecular formula is C21H34N2SSi. The van der Waals surface area contributed by atoms with Crippen LogP contribution in [-0.4, -0.2) is 44.8 Å². The Balaban J connectivity index is 1.65. The number of hydrogen-bond acceptors (Lipinski definition) is 1. The number of hydrogen-bond donors (Lipinski definition) is 0. The second kappa shape index (κ2) is 9.72. The summed E-state index contributed by atoms with van der Waals surface area (Å²) in [5.74, 6) is 0.923. The van der Waals surface area contributed by atoms with Crippen LogP contribution >= 0.6 is 12.2 Å². The van der Waals surface area contributed by atoms with Gasteiger partial charge in [0, 0.05) is 29.9 Å². The van der Waals surface area contributed by atoms with Gasteiger partial charge in [-0.3, -0.25) is 0 Å². The van der Waals surface area contributed by atoms with E-state index >= 15 is 0 Å². The molecule has 1 aliphatic heterocycles. The van der Waals surface area contributed by atoms with Crippen LogP contribution < -0.4 is 0 Å². The molecule has 3 rings (SSSR count). The summed E-state index contributed by atoms with van der Waals surface area (Å²) in [6.45, 7) is 3.36. The molecule has 0 bridgehead atoms. The molecule has 1 heterocycles. The molecule has 1 saturated carbocycles. The Morgan fingerprint density at radius 2 is 1.76 bits per heavy atom. The van der Waals surface area contributed by atoms with E-state index in [0.29, 0.717) is 6.04 Å². The lowest BCUT2D eigenvalue weighted by Crippen LogP contribution is -2.34. The van der Waals surface area contributed by atoms with E-state index in [1.807, 2.05) is 0 Å². The summed E-state index contributed by atoms with van der Waals surface area (Å²) in [5, 5.41) is 1.11. The van der Waals surface area contributed by atoms with Gasteiger partial charge >= 0.3 is 0 Å². The molecule has 2 aliphatic rings. The van der Waals surface area contributed by atoms with Crippen molar-refractivity contribution in [3.05, 3.63) is 35.9 Å². The fourth-order valence-corrected chi connectivity index (χ4v) is 5.33. The van der Waals surface area contributed by atoms with Crippen molar-refractivity contribution in [3.63, 3.8) is 0 Å². The van der Waals surface area contributed by atoms with Crippen molar-refractivity contribution >= 4 is 27.6 Å². The molecule has 25 heavy (non-hydrogen) atoms. The van der Waals surface area contributed by atoms with Gasteiger partial charge in [0.25, 0.3) is 0 Å². The van der Waals surface area contributed by atoms with E-state index in [9.17, 15) is 0 Å². The highest BCUT2D eigenvalue weighted by atomic mass is 32.1. The summed E-state index contributed by atoms with van der Waals surface area (Å²) in [7, 11) is 1.33. The molecular weight excluding hydrogens is 340 g/mol. The summed E-state index contributed by atoms with van der Waals surface area (Å²) < 4.78 is 0. The first-order valence-electron chi connectivity index (χ1n) is 10.4. The minimum atomic E-state index is 0.452. The van der Waals surface area contributed by atoms with Crippen molar-refractivity contribution in [1.29, 1.82) is 0 Å². The molecule has 1 aliphatic carbocycles. The molecule has 1 aromatic carbocycles. The molecule has 0 spiro atoms. The third-order valence-electron chi connectivity index (χ3n) is 6.00. The molecule has 4 heteroatoms. The SMILES string of the molecule is [SiH3]CCCCN1C[C@@H](c2ccccc2)N(CCC2CCCCC2)C1=S. The van der Waals surface area contributed by atoms with Crippen LogP contribution in [-0.2, 0) is 0 Å². The van der Waals surface area contributed by atoms with E-state index in [4.69, 9.17) is 12.2 Å². The summed E-state index contributed by atoms with van der Waals surface area (Å²) in [6, 6.07) is 12.9. The predicted molar refractivity (Wildman–Crippen MR) is 115 cm³/mol. The number of rotatable bonds is 8. The number of unbranched alkanes of at least 4 members (excludes halogenated alkanes) is 1. The second-order valence-electron chi connectivity index (χ2n) is 7.85. The lowest BCUT2D eigenvalue weighted by molar-refractivity contribution is 0.278. The average Bonchev–Trinajstić information content (AvgIpc) is 2.98. The lowest BCUT2D eigenvalue weighted by atomic mass is 9.87. The molecule has 0 amide bonds. The Hall–Kier alpha value is -0.873. The van der Waals surface area contributed by atoms with Crippen LogP contribution in [0.4, 0.5) is 0 Å². The normalized spacial score (nSPS) is 22.1. The molecule has 2 nitrogen and oxygen atoms in total. The standard InChI is InChI=1S/C21H34N2SSi/c24-21-22(14-7-8-16-25)17-20(19-11-5-2-6-12-19)23(21)15-13-18-9-3-1-4-10-18/h2,5-6,11-12,18,20H,1,3-4,7-10,13-17H2,25H3/t20-/m0/s1. The van der Waals surface area contributed by atoms with E-state index in [1.165, 1.54) is 73.2 Å². The number of benzene rings is 1. The van der Waals surface area contributed by atoms with Crippen molar-refractivity contribution in [2.45, 2.75) is 63.5 Å². The third kappa shape index (κ3) is 5.07. The molecule has 138 valence electrons. The molecule has 0 N–H and O–H groups in total. The van der Waals surface area contributed by atoms with Crippen molar-refractivity contribution in [2.75, 3.05) is 19.6 Å². The van der Waals surface area contributed by atoms with Crippen LogP contribution in [0, 0.1) is 5.92 Å². The van der Waals surface area contributed by atoms with Crippen molar-refractivity contribution in [3.8, 4) is 0 Å². The Labute approximate surface area is 162 Å². The maximum atomic E-state index is 5.92. The van der Waals surface area contributed by atoms with Gasteiger partial charge in [0.1, 0.15) is 0 Å². The Kier molecular flexibility index (Phi) is 7.35. The van der Waals surface area contributed by atoms with E-state index < -0.39 is 0 Å². The van der Waals surface area contributed by atoms with E-state index in [0.717, 1.165) is 30.7 Å². The van der Waals surface area contributed by atoms with Crippen molar-refractivity contribution in [2.24, 2.45) is 5.92 Å². The molecule has 0 radical (unpaired) electrons. The molecule has 1 atom stereocenters. The highest BCUT2D eigenvalue weighted by Crippen LogP contribution is 2.33. The largest absolute Gasteiger partial charge is 0.347 e. The number of nitrogens with zero attached hydrogens (tertiary/aromatic N) is 2. The molecule has 2 fully saturated rings. The maximum absolute atomic E-state index is 5.92. The zero-order valence-electron chi connectivity index (χ0n) is 15.8. The maximum Gasteiger partial charge on any atom is 0.172 e. The van der Waals surface area contributed by atoms with E-state index in [1.54, 1.807) is 0 Å². The van der Waals surface area contributed by atoms with Crippen molar-refractivity contribution < 1.29 is 0 Å². The average molecular weight is 375 g/mol. The number of thiocarbonyl (C=S) groups is 1. The first kappa shape index (κ1) is 18.9. The van der Waals surface area contributed by atoms with Crippen LogP contribution in [0.2, 0.25) is 6.04 Å². The second-order valence-corrected chi connectivity index (χ2v) is 9.21. The predicted octanol–water partition coefficient (Wildman–Crippen LogP) is 4.16. The topological polar surface area (TPSA) is 6.48 Å². The Morgan fingerprint density at radius 1 is 1.00 bits per heavy atom. The summed E-state index contributed by atoms with van der Waals surface area (Å²) in [5.41, 5.74) is 1.43. The van der Waals surface area contributed by atoms with Gasteiger partial charge in [-0.15, -0.1) is 0 Å². The summed E-state index contributed by atoms with van der Waals surface area (Å²) in [6.07, 6.45) is 11.1. The molecule has 1 aromatic rings. The first-order valence-corrected chi connectivity index (χ1v) is 12.2. The van der Waals surface area contributed by atoms with Crippen LogP contribution in [0.5, 0.6) is 0 Å². The Bertz CT molecular complexity index is 530. The molecule has 0 unspecified atom stereocenters. The van der Waals surface area contributed by atoms with Gasteiger partial charge in [0.2, 0.25) is 0 Å². The van der Waals surface area contributed by atoms with Gasteiger partial charge in [-0.05, 0) is 36.5 Å². The lowest BCUT2D eigenvalue weighted by Gasteiger charge is -2.29. The van der Waals surface area contributed by atoms with E-state index in [2.05, 4.69) is 40.1 Å². The fourth-order valence-electron chi connectivity index (χ4n) is 4.45. The van der Waals surface area contributed by atoms with E-state index in [-0.39, 0.29) is 0 Å². The highest BCUT2D eigenvalue weighted by Gasteiger charge is 2.34. The van der Waals surface area contributed by atoms with Crippen LogP contribution in [0.25, 0.3) is 0 Å². The summed E-state index contributed by atoms with van der Waals surface area (Å²) in [4.78, 5) is 5.02. The fraction of sp³-hybridized carbons (Fsp3) is 0.667. The van der Waals surface area contributed by atoms with Crippen LogP contribution in [0.15, 0.2) is 30.3 Å². The molecule has 0 aromatic heterocycles.